The maximum Gasteiger partial charge on any atom is 0.125 e. The molecule has 0 aromatic heterocycles. The molecule has 0 saturated heterocycles. The van der Waals surface area contributed by atoms with Crippen LogP contribution in [0.15, 0.2) is 84.9 Å². The lowest BCUT2D eigenvalue weighted by atomic mass is 9.86. The second-order valence-corrected chi connectivity index (χ2v) is 8.19. The number of allylic oxidation sites excluding steroid dienone is 2. The van der Waals surface area contributed by atoms with E-state index in [1.54, 1.807) is 0 Å². The molecule has 0 radical (unpaired) electrons. The van der Waals surface area contributed by atoms with E-state index in [9.17, 15) is 5.11 Å². The first-order valence-corrected chi connectivity index (χ1v) is 10.5. The topological polar surface area (TPSA) is 29.5 Å². The van der Waals surface area contributed by atoms with Crippen LogP contribution < -0.4 is 4.74 Å². The highest BCUT2D eigenvalue weighted by atomic mass is 16.5. The van der Waals surface area contributed by atoms with Crippen molar-refractivity contribution in [2.45, 2.75) is 31.3 Å². The maximum atomic E-state index is 11.0. The van der Waals surface area contributed by atoms with Crippen LogP contribution in [0.2, 0.25) is 0 Å². The van der Waals surface area contributed by atoms with Crippen molar-refractivity contribution in [2.75, 3.05) is 6.61 Å². The third-order valence-corrected chi connectivity index (χ3v) is 6.26. The third-order valence-electron chi connectivity index (χ3n) is 6.26. The number of rotatable bonds is 4. The van der Waals surface area contributed by atoms with Crippen molar-refractivity contribution in [1.82, 2.24) is 0 Å². The summed E-state index contributed by atoms with van der Waals surface area (Å²) < 4.78 is 6.09. The van der Waals surface area contributed by atoms with Crippen LogP contribution in [0.1, 0.15) is 41.6 Å². The van der Waals surface area contributed by atoms with Crippen LogP contribution >= 0.6 is 0 Å². The summed E-state index contributed by atoms with van der Waals surface area (Å²) in [6.45, 7) is 0.554. The monoisotopic (exact) mass is 382 g/mol. The lowest BCUT2D eigenvalue weighted by Crippen LogP contribution is -2.27. The summed E-state index contributed by atoms with van der Waals surface area (Å²) in [5, 5.41) is 11.0. The highest BCUT2D eigenvalue weighted by molar-refractivity contribution is 5.63. The molecule has 3 unspecified atom stereocenters. The summed E-state index contributed by atoms with van der Waals surface area (Å²) in [7, 11) is 0. The summed E-state index contributed by atoms with van der Waals surface area (Å²) in [6.07, 6.45) is 7.17. The Labute approximate surface area is 172 Å². The first-order chi connectivity index (χ1) is 14.3. The van der Waals surface area contributed by atoms with Gasteiger partial charge in [0.1, 0.15) is 5.75 Å². The number of aliphatic hydroxyl groups excluding tert-OH is 1. The Bertz CT molecular complexity index is 1000. The number of fused-ring (bicyclic) bond motifs is 1. The molecule has 0 spiro atoms. The van der Waals surface area contributed by atoms with Gasteiger partial charge in [-0.15, -0.1) is 0 Å². The van der Waals surface area contributed by atoms with Crippen LogP contribution in [0.3, 0.4) is 0 Å². The summed E-state index contributed by atoms with van der Waals surface area (Å²) in [4.78, 5) is 0. The summed E-state index contributed by atoms with van der Waals surface area (Å²) in [5.41, 5.74) is 5.89. The van der Waals surface area contributed by atoms with Gasteiger partial charge in [-0.2, -0.15) is 0 Å². The molecule has 2 nitrogen and oxygen atoms in total. The van der Waals surface area contributed by atoms with E-state index < -0.39 is 6.10 Å². The molecule has 2 aliphatic rings. The SMILES string of the molecule is OC1c2ccc(C3C=CCC3)cc2OCC1Cc1ccc(-c2ccccc2)cc1. The Balaban J connectivity index is 1.30. The van der Waals surface area contributed by atoms with E-state index in [-0.39, 0.29) is 5.92 Å². The lowest BCUT2D eigenvalue weighted by Gasteiger charge is -2.31. The van der Waals surface area contributed by atoms with E-state index in [0.29, 0.717) is 12.5 Å². The lowest BCUT2D eigenvalue weighted by molar-refractivity contribution is 0.0507. The van der Waals surface area contributed by atoms with Gasteiger partial charge in [-0.25, -0.2) is 0 Å². The van der Waals surface area contributed by atoms with E-state index in [2.05, 4.69) is 78.9 Å². The average molecular weight is 383 g/mol. The summed E-state index contributed by atoms with van der Waals surface area (Å²) in [6, 6.07) is 25.4. The molecule has 0 fully saturated rings. The highest BCUT2D eigenvalue weighted by Crippen LogP contribution is 2.40. The van der Waals surface area contributed by atoms with Gasteiger partial charge in [-0.3, -0.25) is 0 Å². The normalized spacial score (nSPS) is 22.9. The molecule has 1 aliphatic heterocycles. The van der Waals surface area contributed by atoms with Crippen LogP contribution in [0.4, 0.5) is 0 Å². The minimum Gasteiger partial charge on any atom is -0.493 e. The molecule has 0 bridgehead atoms. The smallest absolute Gasteiger partial charge is 0.125 e. The van der Waals surface area contributed by atoms with Crippen LogP contribution in [-0.2, 0) is 6.42 Å². The van der Waals surface area contributed by atoms with Crippen molar-refractivity contribution < 1.29 is 9.84 Å². The van der Waals surface area contributed by atoms with Crippen molar-refractivity contribution >= 4 is 0 Å². The Hall–Kier alpha value is -2.84. The molecule has 29 heavy (non-hydrogen) atoms. The molecule has 3 aromatic carbocycles. The molecule has 0 amide bonds. The fourth-order valence-corrected chi connectivity index (χ4v) is 4.54. The highest BCUT2D eigenvalue weighted by Gasteiger charge is 2.30. The third kappa shape index (κ3) is 3.73. The molecular weight excluding hydrogens is 356 g/mol. The van der Waals surface area contributed by atoms with Crippen LogP contribution in [0, 0.1) is 5.92 Å². The molecule has 3 aromatic rings. The number of benzene rings is 3. The molecule has 146 valence electrons. The maximum absolute atomic E-state index is 11.0. The van der Waals surface area contributed by atoms with E-state index in [1.807, 2.05) is 6.07 Å². The fraction of sp³-hybridized carbons (Fsp3) is 0.259. The largest absolute Gasteiger partial charge is 0.493 e. The predicted octanol–water partition coefficient (Wildman–Crippen LogP) is 6.07. The van der Waals surface area contributed by atoms with Crippen molar-refractivity contribution in [3.8, 4) is 16.9 Å². The minimum absolute atomic E-state index is 0.0716. The van der Waals surface area contributed by atoms with Crippen LogP contribution in [-0.4, -0.2) is 11.7 Å². The van der Waals surface area contributed by atoms with Crippen molar-refractivity contribution in [3.63, 3.8) is 0 Å². The first-order valence-electron chi connectivity index (χ1n) is 10.5. The van der Waals surface area contributed by atoms with E-state index >= 15 is 0 Å². The first kappa shape index (κ1) is 18.2. The molecule has 5 rings (SSSR count). The van der Waals surface area contributed by atoms with Crippen molar-refractivity contribution in [1.29, 1.82) is 0 Å². The number of hydrogen-bond acceptors (Lipinski definition) is 2. The van der Waals surface area contributed by atoms with Gasteiger partial charge >= 0.3 is 0 Å². The minimum atomic E-state index is -0.485. The number of hydrogen-bond donors (Lipinski definition) is 1. The second kappa shape index (κ2) is 7.88. The van der Waals surface area contributed by atoms with E-state index in [1.165, 1.54) is 28.7 Å². The molecule has 2 heteroatoms. The number of ether oxygens (including phenoxy) is 1. The Morgan fingerprint density at radius 2 is 1.69 bits per heavy atom. The van der Waals surface area contributed by atoms with Crippen molar-refractivity contribution in [3.05, 3.63) is 102 Å². The zero-order valence-corrected chi connectivity index (χ0v) is 16.5. The van der Waals surface area contributed by atoms with Gasteiger partial charge < -0.3 is 9.84 Å². The predicted molar refractivity (Wildman–Crippen MR) is 117 cm³/mol. The second-order valence-electron chi connectivity index (χ2n) is 8.19. The average Bonchev–Trinajstić information content (AvgIpc) is 3.32. The van der Waals surface area contributed by atoms with E-state index in [4.69, 9.17) is 4.74 Å². The Kier molecular flexibility index (Phi) is 4.95. The van der Waals surface area contributed by atoms with Gasteiger partial charge in [0, 0.05) is 17.4 Å². The molecule has 1 heterocycles. The molecular formula is C27H26O2. The Morgan fingerprint density at radius 3 is 2.45 bits per heavy atom. The zero-order valence-electron chi connectivity index (χ0n) is 16.5. The molecule has 0 saturated carbocycles. The van der Waals surface area contributed by atoms with Gasteiger partial charge in [0.15, 0.2) is 0 Å². The van der Waals surface area contributed by atoms with Crippen LogP contribution in [0.5, 0.6) is 5.75 Å². The van der Waals surface area contributed by atoms with E-state index in [0.717, 1.165) is 24.2 Å². The zero-order chi connectivity index (χ0) is 19.6. The van der Waals surface area contributed by atoms with Gasteiger partial charge in [-0.1, -0.05) is 78.9 Å². The summed E-state index contributed by atoms with van der Waals surface area (Å²) >= 11 is 0. The standard InChI is InChI=1S/C27H26O2/c28-27-24(16-19-10-12-22(13-11-19)20-6-2-1-3-7-20)18-29-26-17-23(14-15-25(26)27)21-8-4-5-9-21/h1-4,6-8,10-15,17,21,24,27-28H,5,9,16,18H2. The van der Waals surface area contributed by atoms with Gasteiger partial charge in [0.25, 0.3) is 0 Å². The van der Waals surface area contributed by atoms with Gasteiger partial charge in [0.2, 0.25) is 0 Å². The van der Waals surface area contributed by atoms with Gasteiger partial charge in [0.05, 0.1) is 12.7 Å². The molecule has 3 atom stereocenters. The Morgan fingerprint density at radius 1 is 0.897 bits per heavy atom. The number of aliphatic hydroxyl groups is 1. The molecule has 1 aliphatic carbocycles. The quantitative estimate of drug-likeness (QED) is 0.555. The summed E-state index contributed by atoms with van der Waals surface area (Å²) in [5.74, 6) is 1.41. The molecule has 1 N–H and O–H groups in total. The fourth-order valence-electron chi connectivity index (χ4n) is 4.54. The van der Waals surface area contributed by atoms with Gasteiger partial charge in [-0.05, 0) is 47.6 Å². The van der Waals surface area contributed by atoms with Crippen molar-refractivity contribution in [2.24, 2.45) is 5.92 Å². The van der Waals surface area contributed by atoms with Crippen LogP contribution in [0.25, 0.3) is 11.1 Å².